The molecule has 1 aromatic carbocycles. The van der Waals surface area contributed by atoms with Gasteiger partial charge < -0.3 is 5.73 Å². The Morgan fingerprint density at radius 1 is 1.14 bits per heavy atom. The monoisotopic (exact) mass is 213 g/mol. The summed E-state index contributed by atoms with van der Waals surface area (Å²) < 4.78 is 0. The lowest BCUT2D eigenvalue weighted by atomic mass is 10.1. The summed E-state index contributed by atoms with van der Waals surface area (Å²) in [5.41, 5.74) is 8.93. The van der Waals surface area contributed by atoms with Crippen molar-refractivity contribution in [2.24, 2.45) is 0 Å². The number of hydrogen-bond acceptors (Lipinski definition) is 1. The summed E-state index contributed by atoms with van der Waals surface area (Å²) in [4.78, 5) is 0. The Morgan fingerprint density at radius 3 is 2.14 bits per heavy atom. The van der Waals surface area contributed by atoms with Gasteiger partial charge in [-0.15, -0.1) is 0 Å². The highest BCUT2D eigenvalue weighted by Gasteiger charge is 2.03. The van der Waals surface area contributed by atoms with E-state index in [1.54, 1.807) is 0 Å². The number of halogens is 1. The van der Waals surface area contributed by atoms with E-state index in [0.29, 0.717) is 5.02 Å². The Labute approximate surface area is 92.3 Å². The molecular weight excluding hydrogens is 194 g/mol. The number of nitrogens with two attached hydrogens (primary N) is 1. The van der Waals surface area contributed by atoms with Crippen molar-refractivity contribution in [1.82, 2.24) is 0 Å². The summed E-state index contributed by atoms with van der Waals surface area (Å²) >= 11 is 5.95. The van der Waals surface area contributed by atoms with Crippen LogP contribution in [0, 0.1) is 0 Å². The summed E-state index contributed by atoms with van der Waals surface area (Å²) in [6, 6.07) is 4.07. The maximum Gasteiger partial charge on any atom is 0.0641 e. The Bertz CT molecular complexity index is 282. The van der Waals surface area contributed by atoms with E-state index in [1.165, 1.54) is 5.56 Å². The molecule has 0 saturated carbocycles. The van der Waals surface area contributed by atoms with Crippen molar-refractivity contribution in [2.75, 3.05) is 5.73 Å². The second-order valence-electron chi connectivity index (χ2n) is 2.86. The van der Waals surface area contributed by atoms with Crippen LogP contribution in [0.2, 0.25) is 5.02 Å². The Morgan fingerprint density at radius 2 is 1.71 bits per heavy atom. The van der Waals surface area contributed by atoms with Crippen LogP contribution in [0.4, 0.5) is 5.69 Å². The fraction of sp³-hybridized carbons (Fsp3) is 0.500. The molecule has 2 N–H and O–H groups in total. The molecule has 0 aromatic heterocycles. The van der Waals surface area contributed by atoms with E-state index in [1.807, 2.05) is 19.9 Å². The van der Waals surface area contributed by atoms with Crippen LogP contribution in [-0.2, 0) is 12.8 Å². The molecule has 0 heterocycles. The van der Waals surface area contributed by atoms with Crippen molar-refractivity contribution in [3.63, 3.8) is 0 Å². The van der Waals surface area contributed by atoms with E-state index in [0.717, 1.165) is 24.1 Å². The van der Waals surface area contributed by atoms with Crippen LogP contribution in [-0.4, -0.2) is 0 Å². The van der Waals surface area contributed by atoms with Crippen LogP contribution in [0.25, 0.3) is 0 Å². The Hall–Kier alpha value is -0.690. The molecule has 14 heavy (non-hydrogen) atoms. The van der Waals surface area contributed by atoms with Crippen molar-refractivity contribution >= 4 is 17.3 Å². The van der Waals surface area contributed by atoms with Gasteiger partial charge in [0.25, 0.3) is 0 Å². The molecule has 0 unspecified atom stereocenters. The zero-order chi connectivity index (χ0) is 11.1. The first-order chi connectivity index (χ1) is 6.69. The minimum atomic E-state index is 0.686. The number of aryl methyl sites for hydroxylation is 2. The van der Waals surface area contributed by atoms with Crippen LogP contribution < -0.4 is 5.73 Å². The average molecular weight is 214 g/mol. The number of benzene rings is 1. The van der Waals surface area contributed by atoms with E-state index in [4.69, 9.17) is 17.3 Å². The van der Waals surface area contributed by atoms with Crippen molar-refractivity contribution in [1.29, 1.82) is 0 Å². The predicted molar refractivity (Wildman–Crippen MR) is 66.0 cm³/mol. The van der Waals surface area contributed by atoms with Gasteiger partial charge in [0.15, 0.2) is 0 Å². The van der Waals surface area contributed by atoms with Gasteiger partial charge in [-0.1, -0.05) is 45.4 Å². The van der Waals surface area contributed by atoms with Gasteiger partial charge in [0.1, 0.15) is 0 Å². The van der Waals surface area contributed by atoms with Crippen LogP contribution in [0.5, 0.6) is 0 Å². The molecule has 0 spiro atoms. The van der Waals surface area contributed by atoms with Crippen LogP contribution >= 0.6 is 11.6 Å². The fourth-order valence-corrected chi connectivity index (χ4v) is 1.50. The third-order valence-electron chi connectivity index (χ3n) is 2.06. The van der Waals surface area contributed by atoms with E-state index >= 15 is 0 Å². The molecular formula is C12H20ClN. The van der Waals surface area contributed by atoms with Gasteiger partial charge in [0, 0.05) is 0 Å². The molecule has 1 aromatic rings. The zero-order valence-corrected chi connectivity index (χ0v) is 10.3. The third kappa shape index (κ3) is 3.22. The number of anilines is 1. The molecule has 0 aliphatic heterocycles. The molecule has 0 aliphatic rings. The topological polar surface area (TPSA) is 26.0 Å². The van der Waals surface area contributed by atoms with Crippen LogP contribution in [0.1, 0.15) is 38.8 Å². The Kier molecular flexibility index (Phi) is 6.39. The van der Waals surface area contributed by atoms with Crippen LogP contribution in [0.15, 0.2) is 12.1 Å². The van der Waals surface area contributed by atoms with Gasteiger partial charge in [-0.3, -0.25) is 0 Å². The molecule has 0 fully saturated rings. The molecule has 1 nitrogen and oxygen atoms in total. The number of rotatable bonds is 2. The molecule has 0 amide bonds. The predicted octanol–water partition coefficient (Wildman–Crippen LogP) is 4.07. The van der Waals surface area contributed by atoms with Gasteiger partial charge in [-0.05, 0) is 30.0 Å². The molecule has 2 heteroatoms. The number of hydrogen-bond donors (Lipinski definition) is 1. The highest BCUT2D eigenvalue weighted by Crippen LogP contribution is 2.25. The molecule has 0 radical (unpaired) electrons. The van der Waals surface area contributed by atoms with Gasteiger partial charge in [0.05, 0.1) is 10.7 Å². The highest BCUT2D eigenvalue weighted by atomic mass is 35.5. The van der Waals surface area contributed by atoms with E-state index < -0.39 is 0 Å². The SMILES string of the molecule is CC.CCc1cc(Cl)c(N)c(CC)c1. The maximum absolute atomic E-state index is 5.95. The van der Waals surface area contributed by atoms with Crippen molar-refractivity contribution in [3.8, 4) is 0 Å². The first-order valence-corrected chi connectivity index (χ1v) is 5.63. The number of nitrogen functional groups attached to an aromatic ring is 1. The summed E-state index contributed by atoms with van der Waals surface area (Å²) in [7, 11) is 0. The summed E-state index contributed by atoms with van der Waals surface area (Å²) in [5.74, 6) is 0. The second-order valence-corrected chi connectivity index (χ2v) is 3.26. The van der Waals surface area contributed by atoms with Crippen LogP contribution in [0.3, 0.4) is 0 Å². The average Bonchev–Trinajstić information content (AvgIpc) is 2.24. The smallest absolute Gasteiger partial charge is 0.0641 e. The van der Waals surface area contributed by atoms with Gasteiger partial charge >= 0.3 is 0 Å². The van der Waals surface area contributed by atoms with E-state index in [-0.39, 0.29) is 0 Å². The second kappa shape index (κ2) is 6.72. The minimum absolute atomic E-state index is 0.686. The molecule has 0 bridgehead atoms. The maximum atomic E-state index is 5.95. The zero-order valence-electron chi connectivity index (χ0n) is 9.52. The van der Waals surface area contributed by atoms with E-state index in [2.05, 4.69) is 19.9 Å². The van der Waals surface area contributed by atoms with Gasteiger partial charge in [-0.25, -0.2) is 0 Å². The molecule has 0 saturated heterocycles. The van der Waals surface area contributed by atoms with Crippen molar-refractivity contribution in [2.45, 2.75) is 40.5 Å². The fourth-order valence-electron chi connectivity index (χ4n) is 1.23. The lowest BCUT2D eigenvalue weighted by molar-refractivity contribution is 1.09. The van der Waals surface area contributed by atoms with E-state index in [9.17, 15) is 0 Å². The summed E-state index contributed by atoms with van der Waals surface area (Å²) in [6.07, 6.45) is 1.95. The molecule has 80 valence electrons. The lowest BCUT2D eigenvalue weighted by Gasteiger charge is -2.07. The minimum Gasteiger partial charge on any atom is -0.397 e. The largest absolute Gasteiger partial charge is 0.397 e. The third-order valence-corrected chi connectivity index (χ3v) is 2.38. The molecule has 0 atom stereocenters. The molecule has 1 rings (SSSR count). The summed E-state index contributed by atoms with van der Waals surface area (Å²) in [6.45, 7) is 8.20. The highest BCUT2D eigenvalue weighted by molar-refractivity contribution is 6.33. The van der Waals surface area contributed by atoms with Gasteiger partial charge in [-0.2, -0.15) is 0 Å². The van der Waals surface area contributed by atoms with Gasteiger partial charge in [0.2, 0.25) is 0 Å². The summed E-state index contributed by atoms with van der Waals surface area (Å²) in [5, 5.41) is 0.686. The Balaban J connectivity index is 0.000000791. The first-order valence-electron chi connectivity index (χ1n) is 5.25. The van der Waals surface area contributed by atoms with Crippen molar-refractivity contribution < 1.29 is 0 Å². The van der Waals surface area contributed by atoms with Crippen molar-refractivity contribution in [3.05, 3.63) is 28.3 Å². The first kappa shape index (κ1) is 13.3. The normalized spacial score (nSPS) is 9.21. The molecule has 0 aliphatic carbocycles. The lowest BCUT2D eigenvalue weighted by Crippen LogP contribution is -1.95. The quantitative estimate of drug-likeness (QED) is 0.737. The standard InChI is InChI=1S/C10H14ClN.C2H6/c1-3-7-5-8(4-2)10(12)9(11)6-7;1-2/h5-6H,3-4,12H2,1-2H3;1-2H3.